The first kappa shape index (κ1) is 22.8. The summed E-state index contributed by atoms with van der Waals surface area (Å²) in [5.41, 5.74) is -0.668. The summed E-state index contributed by atoms with van der Waals surface area (Å²) in [6.45, 7) is 0. The number of carbonyl (C=O) groups is 1. The van der Waals surface area contributed by atoms with Gasteiger partial charge in [0.2, 0.25) is 0 Å². The maximum absolute atomic E-state index is 12.8. The van der Waals surface area contributed by atoms with Crippen LogP contribution in [-0.4, -0.2) is 34.7 Å². The molecule has 0 aliphatic carbocycles. The van der Waals surface area contributed by atoms with Crippen LogP contribution in [0.25, 0.3) is 16.8 Å². The average molecular weight is 458 g/mol. The molecule has 0 aliphatic rings. The van der Waals surface area contributed by atoms with Crippen molar-refractivity contribution in [2.45, 2.75) is 5.57 Å². The van der Waals surface area contributed by atoms with Gasteiger partial charge >= 0.3 is 5.57 Å². The van der Waals surface area contributed by atoms with Crippen LogP contribution in [0.3, 0.4) is 0 Å². The lowest BCUT2D eigenvalue weighted by molar-refractivity contribution is -0.0964. The summed E-state index contributed by atoms with van der Waals surface area (Å²) < 4.78 is 29.7. The summed E-state index contributed by atoms with van der Waals surface area (Å²) in [6.07, 6.45) is 7.37. The van der Waals surface area contributed by atoms with Crippen LogP contribution in [0.15, 0.2) is 67.1 Å². The minimum absolute atomic E-state index is 0.148. The van der Waals surface area contributed by atoms with Crippen LogP contribution in [0.5, 0.6) is 5.75 Å². The maximum atomic E-state index is 12.8. The summed E-state index contributed by atoms with van der Waals surface area (Å²) in [7, 11) is 1.71. The van der Waals surface area contributed by atoms with Crippen LogP contribution in [0.2, 0.25) is 0 Å². The number of benzene rings is 1. The fourth-order valence-electron chi connectivity index (χ4n) is 2.85. The Morgan fingerprint density at radius 3 is 2.56 bits per heavy atom. The molecule has 0 fully saturated rings. The van der Waals surface area contributed by atoms with Gasteiger partial charge in [-0.15, -0.1) is 8.78 Å². The second kappa shape index (κ2) is 9.97. The van der Waals surface area contributed by atoms with Crippen LogP contribution in [0, 0.1) is 5.41 Å². The molecule has 164 valence electrons. The van der Waals surface area contributed by atoms with E-state index in [1.54, 1.807) is 37.7 Å². The fraction of sp³-hybridized carbons (Fsp3) is 0.0909. The van der Waals surface area contributed by atoms with Gasteiger partial charge in [-0.05, 0) is 42.5 Å². The van der Waals surface area contributed by atoms with E-state index in [-0.39, 0.29) is 11.3 Å². The molecular formula is C22H18ClF2N5O2. The van der Waals surface area contributed by atoms with Gasteiger partial charge in [-0.1, -0.05) is 6.07 Å². The number of nitrogens with zero attached hydrogens (tertiary/aromatic N) is 2. The number of alkyl halides is 3. The van der Waals surface area contributed by atoms with Crippen molar-refractivity contribution in [2.75, 3.05) is 12.4 Å². The Morgan fingerprint density at radius 1 is 1.22 bits per heavy atom. The van der Waals surface area contributed by atoms with E-state index in [0.29, 0.717) is 22.6 Å². The molecule has 10 heteroatoms. The molecule has 0 radical (unpaired) electrons. The van der Waals surface area contributed by atoms with E-state index in [9.17, 15) is 13.6 Å². The molecule has 32 heavy (non-hydrogen) atoms. The Labute approximate surface area is 187 Å². The molecule has 3 rings (SSSR count). The third-order valence-electron chi connectivity index (χ3n) is 4.24. The molecule has 0 atom stereocenters. The van der Waals surface area contributed by atoms with E-state index in [1.165, 1.54) is 30.5 Å². The fourth-order valence-corrected chi connectivity index (χ4v) is 2.94. The van der Waals surface area contributed by atoms with Crippen molar-refractivity contribution in [1.82, 2.24) is 15.3 Å². The van der Waals surface area contributed by atoms with Gasteiger partial charge in [0.15, 0.2) is 0 Å². The number of anilines is 1. The van der Waals surface area contributed by atoms with Crippen LogP contribution >= 0.6 is 11.6 Å². The highest BCUT2D eigenvalue weighted by Gasteiger charge is 2.27. The van der Waals surface area contributed by atoms with Gasteiger partial charge in [-0.3, -0.25) is 14.8 Å². The van der Waals surface area contributed by atoms with Crippen LogP contribution in [0.1, 0.15) is 16.1 Å². The quantitative estimate of drug-likeness (QED) is 0.334. The smallest absolute Gasteiger partial charge is 0.420 e. The van der Waals surface area contributed by atoms with Gasteiger partial charge in [0, 0.05) is 60.3 Å². The minimum Gasteiger partial charge on any atom is -0.420 e. The van der Waals surface area contributed by atoms with Gasteiger partial charge in [0.25, 0.3) is 5.91 Å². The molecule has 1 aromatic carbocycles. The number of amides is 1. The minimum atomic E-state index is -3.82. The van der Waals surface area contributed by atoms with Gasteiger partial charge in [-0.25, -0.2) is 0 Å². The summed E-state index contributed by atoms with van der Waals surface area (Å²) in [5, 5.41) is 13.0. The van der Waals surface area contributed by atoms with Crippen molar-refractivity contribution >= 4 is 35.1 Å². The molecule has 0 saturated carbocycles. The lowest BCUT2D eigenvalue weighted by atomic mass is 10.0. The number of hydrogen-bond acceptors (Lipinski definition) is 6. The number of rotatable bonds is 8. The Balaban J connectivity index is 1.90. The zero-order chi connectivity index (χ0) is 23.1. The summed E-state index contributed by atoms with van der Waals surface area (Å²) in [6, 6.07) is 10.6. The number of hydrogen-bond donors (Lipinski definition) is 3. The predicted octanol–water partition coefficient (Wildman–Crippen LogP) is 4.77. The predicted molar refractivity (Wildman–Crippen MR) is 119 cm³/mol. The van der Waals surface area contributed by atoms with E-state index >= 15 is 0 Å². The molecule has 0 saturated heterocycles. The molecule has 1 amide bonds. The van der Waals surface area contributed by atoms with E-state index in [0.717, 1.165) is 11.8 Å². The average Bonchev–Trinajstić information content (AvgIpc) is 2.78. The van der Waals surface area contributed by atoms with Gasteiger partial charge < -0.3 is 20.8 Å². The second-order valence-corrected chi connectivity index (χ2v) is 6.83. The zero-order valence-electron chi connectivity index (χ0n) is 16.8. The third kappa shape index (κ3) is 5.86. The molecule has 3 aromatic rings. The van der Waals surface area contributed by atoms with Crippen molar-refractivity contribution < 1.29 is 18.3 Å². The molecule has 0 unspecified atom stereocenters. The van der Waals surface area contributed by atoms with Crippen molar-refractivity contribution in [1.29, 1.82) is 5.41 Å². The first-order chi connectivity index (χ1) is 15.3. The topological polar surface area (TPSA) is 100.0 Å². The summed E-state index contributed by atoms with van der Waals surface area (Å²) in [5.74, 6) is -0.599. The van der Waals surface area contributed by atoms with Crippen LogP contribution in [0.4, 0.5) is 14.5 Å². The van der Waals surface area contributed by atoms with Crippen molar-refractivity contribution in [3.8, 4) is 16.9 Å². The largest absolute Gasteiger partial charge is 0.487 e. The maximum Gasteiger partial charge on any atom is 0.487 e. The van der Waals surface area contributed by atoms with Crippen molar-refractivity contribution in [2.24, 2.45) is 0 Å². The summed E-state index contributed by atoms with van der Waals surface area (Å²) >= 11 is 4.74. The van der Waals surface area contributed by atoms with Crippen molar-refractivity contribution in [3.63, 3.8) is 0 Å². The molecule has 2 heterocycles. The van der Waals surface area contributed by atoms with E-state index in [2.05, 4.69) is 25.3 Å². The molecule has 2 aromatic heterocycles. The number of carbonyl (C=O) groups excluding carboxylic acids is 1. The molecule has 0 spiro atoms. The number of halogens is 3. The normalized spacial score (nSPS) is 11.6. The standard InChI is InChI=1S/C22H18ClF2N5O2/c1-27-19(8-9-26)20-18(14-3-2-10-28-12-14)11-15(13-29-20)21(31)30-16-4-6-17(7-5-16)32-22(23,24)25/h2-13,26-27H,1H3,(H,30,31)/b19-8-,26-9?. The van der Waals surface area contributed by atoms with Crippen LogP contribution in [-0.2, 0) is 0 Å². The molecule has 0 bridgehead atoms. The number of pyridine rings is 2. The lowest BCUT2D eigenvalue weighted by Crippen LogP contribution is -2.16. The van der Waals surface area contributed by atoms with Gasteiger partial charge in [0.1, 0.15) is 5.75 Å². The monoisotopic (exact) mass is 457 g/mol. The lowest BCUT2D eigenvalue weighted by Gasteiger charge is -2.14. The number of ether oxygens (including phenoxy) is 1. The summed E-state index contributed by atoms with van der Waals surface area (Å²) in [4.78, 5) is 21.3. The third-order valence-corrected chi connectivity index (χ3v) is 4.32. The first-order valence-electron chi connectivity index (χ1n) is 9.27. The molecule has 7 nitrogen and oxygen atoms in total. The highest BCUT2D eigenvalue weighted by molar-refractivity contribution is 6.20. The number of nitrogens with one attached hydrogen (secondary N) is 3. The SMILES string of the molecule is CN/C(=C\C=N)c1ncc(C(=O)Nc2ccc(OC(F)(F)Cl)cc2)cc1-c1cccnc1. The number of allylic oxidation sites excluding steroid dienone is 1. The Hall–Kier alpha value is -3.85. The second-order valence-electron chi connectivity index (χ2n) is 6.39. The van der Waals surface area contributed by atoms with Gasteiger partial charge in [0.05, 0.1) is 17.0 Å². The van der Waals surface area contributed by atoms with E-state index in [4.69, 9.17) is 17.0 Å². The van der Waals surface area contributed by atoms with E-state index in [1.807, 2.05) is 6.07 Å². The molecular weight excluding hydrogens is 440 g/mol. The Bertz CT molecular complexity index is 1130. The van der Waals surface area contributed by atoms with E-state index < -0.39 is 11.5 Å². The molecule has 0 aliphatic heterocycles. The number of aromatic nitrogens is 2. The van der Waals surface area contributed by atoms with Crippen LogP contribution < -0.4 is 15.4 Å². The highest BCUT2D eigenvalue weighted by atomic mass is 35.5. The molecule has 3 N–H and O–H groups in total. The highest BCUT2D eigenvalue weighted by Crippen LogP contribution is 2.28. The first-order valence-corrected chi connectivity index (χ1v) is 9.65. The Morgan fingerprint density at radius 2 is 1.97 bits per heavy atom. The van der Waals surface area contributed by atoms with Gasteiger partial charge in [-0.2, -0.15) is 0 Å². The van der Waals surface area contributed by atoms with Crippen molar-refractivity contribution in [3.05, 3.63) is 78.4 Å². The zero-order valence-corrected chi connectivity index (χ0v) is 17.5. The Kier molecular flexibility index (Phi) is 7.11.